The van der Waals surface area contributed by atoms with Gasteiger partial charge in [0.1, 0.15) is 11.5 Å². The molecule has 0 bridgehead atoms. The smallest absolute Gasteiger partial charge is 0.301 e. The monoisotopic (exact) mass is 434 g/mol. The van der Waals surface area contributed by atoms with Gasteiger partial charge in [-0.1, -0.05) is 42.5 Å². The fourth-order valence-corrected chi connectivity index (χ4v) is 4.51. The van der Waals surface area contributed by atoms with Crippen molar-refractivity contribution < 1.29 is 19.4 Å². The highest BCUT2D eigenvalue weighted by molar-refractivity contribution is 7.16. The Morgan fingerprint density at radius 3 is 2.35 bits per heavy atom. The summed E-state index contributed by atoms with van der Waals surface area (Å²) < 4.78 is 5.52. The molecule has 1 N–H and O–H groups in total. The lowest BCUT2D eigenvalue weighted by atomic mass is 9.95. The van der Waals surface area contributed by atoms with E-state index in [4.69, 9.17) is 4.74 Å². The summed E-state index contributed by atoms with van der Waals surface area (Å²) >= 11 is 1.35. The van der Waals surface area contributed by atoms with Crippen molar-refractivity contribution >= 4 is 33.9 Å². The third kappa shape index (κ3) is 3.72. The molecular weight excluding hydrogens is 412 g/mol. The van der Waals surface area contributed by atoms with Gasteiger partial charge in [0, 0.05) is 10.4 Å². The molecule has 1 fully saturated rings. The largest absolute Gasteiger partial charge is 0.507 e. The van der Waals surface area contributed by atoms with Gasteiger partial charge in [-0.25, -0.2) is 4.98 Å². The van der Waals surface area contributed by atoms with Crippen LogP contribution in [0, 0.1) is 13.8 Å². The second kappa shape index (κ2) is 8.35. The lowest BCUT2D eigenvalue weighted by Crippen LogP contribution is -2.29. The first-order valence-corrected chi connectivity index (χ1v) is 10.8. The van der Waals surface area contributed by atoms with E-state index in [0.29, 0.717) is 28.6 Å². The highest BCUT2D eigenvalue weighted by atomic mass is 32.1. The Hall–Kier alpha value is -3.45. The molecule has 2 aromatic carbocycles. The molecule has 158 valence electrons. The molecule has 1 aliphatic rings. The van der Waals surface area contributed by atoms with Crippen LogP contribution in [0.1, 0.15) is 34.7 Å². The molecule has 0 spiro atoms. The van der Waals surface area contributed by atoms with Gasteiger partial charge < -0.3 is 9.84 Å². The molecular formula is C24H22N2O4S. The molecule has 0 aliphatic carbocycles. The number of hydrogen-bond donors (Lipinski definition) is 1. The number of carbonyl (C=O) groups is 2. The summed E-state index contributed by atoms with van der Waals surface area (Å²) in [5.41, 5.74) is 2.01. The highest BCUT2D eigenvalue weighted by Crippen LogP contribution is 2.43. The van der Waals surface area contributed by atoms with Crippen LogP contribution in [-0.4, -0.2) is 28.4 Å². The third-order valence-electron chi connectivity index (χ3n) is 5.22. The van der Waals surface area contributed by atoms with E-state index in [9.17, 15) is 14.7 Å². The van der Waals surface area contributed by atoms with E-state index in [1.54, 1.807) is 48.5 Å². The summed E-state index contributed by atoms with van der Waals surface area (Å²) in [5.74, 6) is -0.951. The maximum absolute atomic E-state index is 13.1. The summed E-state index contributed by atoms with van der Waals surface area (Å²) in [6.07, 6.45) is 0. The maximum Gasteiger partial charge on any atom is 0.301 e. The number of hydrogen-bond acceptors (Lipinski definition) is 6. The number of amides is 1. The Labute approximate surface area is 184 Å². The SMILES string of the molecule is CCOc1ccc(C2/C(=C(\O)c3ccccc3)C(=O)C(=O)N2c2nc(C)c(C)s2)cc1. The minimum Gasteiger partial charge on any atom is -0.507 e. The molecule has 1 unspecified atom stereocenters. The molecule has 7 heteroatoms. The zero-order valence-corrected chi connectivity index (χ0v) is 18.3. The van der Waals surface area contributed by atoms with Crippen molar-refractivity contribution in [2.45, 2.75) is 26.8 Å². The normalized spacial score (nSPS) is 17.9. The van der Waals surface area contributed by atoms with Crippen LogP contribution in [0.15, 0.2) is 60.2 Å². The molecule has 0 saturated carbocycles. The molecule has 4 rings (SSSR count). The molecule has 2 heterocycles. The Morgan fingerprint density at radius 1 is 1.10 bits per heavy atom. The molecule has 1 atom stereocenters. The van der Waals surface area contributed by atoms with Crippen molar-refractivity contribution in [1.82, 2.24) is 4.98 Å². The fraction of sp³-hybridized carbons (Fsp3) is 0.208. The molecule has 1 saturated heterocycles. The number of thiazole rings is 1. The lowest BCUT2D eigenvalue weighted by Gasteiger charge is -2.23. The van der Waals surface area contributed by atoms with Gasteiger partial charge in [-0.15, -0.1) is 11.3 Å². The van der Waals surface area contributed by atoms with Crippen molar-refractivity contribution in [3.8, 4) is 5.75 Å². The number of nitrogens with zero attached hydrogens (tertiary/aromatic N) is 2. The van der Waals surface area contributed by atoms with Crippen LogP contribution in [0.3, 0.4) is 0 Å². The Morgan fingerprint density at radius 2 is 1.77 bits per heavy atom. The van der Waals surface area contributed by atoms with Crippen molar-refractivity contribution in [3.63, 3.8) is 0 Å². The number of aryl methyl sites for hydroxylation is 2. The number of anilines is 1. The van der Waals surface area contributed by atoms with E-state index in [-0.39, 0.29) is 11.3 Å². The van der Waals surface area contributed by atoms with Crippen LogP contribution >= 0.6 is 11.3 Å². The predicted molar refractivity (Wildman–Crippen MR) is 120 cm³/mol. The zero-order chi connectivity index (χ0) is 22.1. The zero-order valence-electron chi connectivity index (χ0n) is 17.5. The fourth-order valence-electron chi connectivity index (χ4n) is 3.57. The molecule has 1 aliphatic heterocycles. The van der Waals surface area contributed by atoms with E-state index in [1.165, 1.54) is 16.2 Å². The number of Topliss-reactive ketones (excluding diaryl/α,β-unsaturated/α-hetero) is 1. The number of aromatic nitrogens is 1. The number of carbonyl (C=O) groups excluding carboxylic acids is 2. The van der Waals surface area contributed by atoms with Gasteiger partial charge in [0.25, 0.3) is 5.78 Å². The first-order valence-electron chi connectivity index (χ1n) is 9.95. The summed E-state index contributed by atoms with van der Waals surface area (Å²) in [4.78, 5) is 33.0. The Bertz CT molecular complexity index is 1150. The molecule has 1 aromatic heterocycles. The average Bonchev–Trinajstić information content (AvgIpc) is 3.24. The minimum absolute atomic E-state index is 0.0471. The number of ether oxygens (including phenoxy) is 1. The molecule has 31 heavy (non-hydrogen) atoms. The van der Waals surface area contributed by atoms with Crippen molar-refractivity contribution in [2.24, 2.45) is 0 Å². The van der Waals surface area contributed by atoms with E-state index >= 15 is 0 Å². The standard InChI is InChI=1S/C24H22N2O4S/c1-4-30-18-12-10-16(11-13-18)20-19(21(27)17-8-6-5-7-9-17)22(28)23(29)26(20)24-25-14(2)15(3)31-24/h5-13,20,27H,4H2,1-3H3/b21-19+. The first-order chi connectivity index (χ1) is 14.9. The predicted octanol–water partition coefficient (Wildman–Crippen LogP) is 4.78. The molecule has 6 nitrogen and oxygen atoms in total. The Balaban J connectivity index is 1.91. The van der Waals surface area contributed by atoms with E-state index in [0.717, 1.165) is 10.6 Å². The van der Waals surface area contributed by atoms with E-state index < -0.39 is 17.7 Å². The Kier molecular flexibility index (Phi) is 5.61. The minimum atomic E-state index is -0.791. The van der Waals surface area contributed by atoms with Crippen LogP contribution in [-0.2, 0) is 9.59 Å². The summed E-state index contributed by atoms with van der Waals surface area (Å²) in [6, 6.07) is 15.2. The van der Waals surface area contributed by atoms with Crippen molar-refractivity contribution in [2.75, 3.05) is 11.5 Å². The van der Waals surface area contributed by atoms with Gasteiger partial charge in [0.05, 0.1) is 23.9 Å². The third-order valence-corrected chi connectivity index (χ3v) is 6.29. The van der Waals surface area contributed by atoms with Crippen LogP contribution in [0.5, 0.6) is 5.75 Å². The molecule has 3 aromatic rings. The van der Waals surface area contributed by atoms with E-state index in [2.05, 4.69) is 4.98 Å². The van der Waals surface area contributed by atoms with Crippen molar-refractivity contribution in [1.29, 1.82) is 0 Å². The van der Waals surface area contributed by atoms with Crippen LogP contribution < -0.4 is 9.64 Å². The van der Waals surface area contributed by atoms with Crippen molar-refractivity contribution in [3.05, 3.63) is 81.9 Å². The quantitative estimate of drug-likeness (QED) is 0.355. The first kappa shape index (κ1) is 20.8. The van der Waals surface area contributed by atoms with Gasteiger partial charge in [-0.05, 0) is 38.5 Å². The number of aliphatic hydroxyl groups excluding tert-OH is 1. The number of aliphatic hydroxyl groups is 1. The highest BCUT2D eigenvalue weighted by Gasteiger charge is 2.48. The molecule has 1 amide bonds. The second-order valence-electron chi connectivity index (χ2n) is 7.18. The summed E-state index contributed by atoms with van der Waals surface area (Å²) in [5, 5.41) is 11.5. The van der Waals surface area contributed by atoms with Crippen LogP contribution in [0.25, 0.3) is 5.76 Å². The number of rotatable bonds is 5. The van der Waals surface area contributed by atoms with Crippen LogP contribution in [0.2, 0.25) is 0 Å². The molecule has 0 radical (unpaired) electrons. The van der Waals surface area contributed by atoms with E-state index in [1.807, 2.05) is 26.8 Å². The van der Waals surface area contributed by atoms with Gasteiger partial charge in [0.2, 0.25) is 0 Å². The second-order valence-corrected chi connectivity index (χ2v) is 8.36. The number of benzene rings is 2. The van der Waals surface area contributed by atoms with Gasteiger partial charge >= 0.3 is 5.91 Å². The topological polar surface area (TPSA) is 79.7 Å². The maximum atomic E-state index is 13.1. The van der Waals surface area contributed by atoms with Gasteiger partial charge in [0.15, 0.2) is 5.13 Å². The number of ketones is 1. The average molecular weight is 435 g/mol. The summed E-state index contributed by atoms with van der Waals surface area (Å²) in [7, 11) is 0. The van der Waals surface area contributed by atoms with Crippen LogP contribution in [0.4, 0.5) is 5.13 Å². The van der Waals surface area contributed by atoms with Gasteiger partial charge in [-0.2, -0.15) is 0 Å². The van der Waals surface area contributed by atoms with Gasteiger partial charge in [-0.3, -0.25) is 14.5 Å². The summed E-state index contributed by atoms with van der Waals surface area (Å²) in [6.45, 7) is 6.21. The lowest BCUT2D eigenvalue weighted by molar-refractivity contribution is -0.132.